The molecule has 0 unspecified atom stereocenters. The van der Waals surface area contributed by atoms with E-state index in [1.165, 1.54) is 35.3 Å². The standard InChI is InChI=1S/C18H22N2/c1-20(14-12-15-7-3-2-4-8-15)18-11-5-10-17-16(18)9-6-13-19-17/h2-5,7-8,10-11,19H,6,9,12-14H2,1H3. The summed E-state index contributed by atoms with van der Waals surface area (Å²) in [7, 11) is 2.20. The molecule has 0 aliphatic carbocycles. The fraction of sp³-hybridized carbons (Fsp3) is 0.333. The monoisotopic (exact) mass is 266 g/mol. The van der Waals surface area contributed by atoms with Crippen LogP contribution in [-0.2, 0) is 12.8 Å². The fourth-order valence-electron chi connectivity index (χ4n) is 2.91. The summed E-state index contributed by atoms with van der Waals surface area (Å²) in [6, 6.07) is 17.3. The third kappa shape index (κ3) is 2.79. The maximum absolute atomic E-state index is 3.50. The highest BCUT2D eigenvalue weighted by Crippen LogP contribution is 2.30. The molecule has 2 heteroatoms. The average Bonchev–Trinajstić information content (AvgIpc) is 2.53. The first-order valence-electron chi connectivity index (χ1n) is 7.45. The van der Waals surface area contributed by atoms with Crippen molar-refractivity contribution >= 4 is 11.4 Å². The molecular weight excluding hydrogens is 244 g/mol. The number of nitrogens with zero attached hydrogens (tertiary/aromatic N) is 1. The lowest BCUT2D eigenvalue weighted by Crippen LogP contribution is -2.23. The minimum Gasteiger partial charge on any atom is -0.385 e. The van der Waals surface area contributed by atoms with Crippen molar-refractivity contribution in [3.05, 3.63) is 59.7 Å². The molecule has 0 aromatic heterocycles. The van der Waals surface area contributed by atoms with Gasteiger partial charge in [0.15, 0.2) is 0 Å². The van der Waals surface area contributed by atoms with Gasteiger partial charge in [-0.3, -0.25) is 0 Å². The van der Waals surface area contributed by atoms with E-state index >= 15 is 0 Å². The Morgan fingerprint density at radius 2 is 1.90 bits per heavy atom. The van der Waals surface area contributed by atoms with Gasteiger partial charge in [0.05, 0.1) is 0 Å². The van der Waals surface area contributed by atoms with Crippen LogP contribution in [0.2, 0.25) is 0 Å². The smallest absolute Gasteiger partial charge is 0.0417 e. The summed E-state index contributed by atoms with van der Waals surface area (Å²) in [5.74, 6) is 0. The maximum atomic E-state index is 3.50. The first kappa shape index (κ1) is 13.0. The summed E-state index contributed by atoms with van der Waals surface area (Å²) in [4.78, 5) is 2.39. The lowest BCUT2D eigenvalue weighted by molar-refractivity contribution is 0.810. The zero-order valence-corrected chi connectivity index (χ0v) is 12.1. The van der Waals surface area contributed by atoms with Crippen LogP contribution < -0.4 is 10.2 Å². The van der Waals surface area contributed by atoms with E-state index in [0.717, 1.165) is 19.5 Å². The van der Waals surface area contributed by atoms with Crippen molar-refractivity contribution in [3.63, 3.8) is 0 Å². The van der Waals surface area contributed by atoms with E-state index in [4.69, 9.17) is 0 Å². The minimum absolute atomic E-state index is 1.06. The van der Waals surface area contributed by atoms with Gasteiger partial charge in [-0.25, -0.2) is 0 Å². The average molecular weight is 266 g/mol. The summed E-state index contributed by atoms with van der Waals surface area (Å²) in [5, 5.41) is 3.50. The lowest BCUT2D eigenvalue weighted by Gasteiger charge is -2.27. The number of anilines is 2. The van der Waals surface area contributed by atoms with Crippen LogP contribution >= 0.6 is 0 Å². The predicted octanol–water partition coefficient (Wildman–Crippen LogP) is 3.72. The Hall–Kier alpha value is -1.96. The number of rotatable bonds is 4. The van der Waals surface area contributed by atoms with Crippen molar-refractivity contribution in [1.29, 1.82) is 0 Å². The van der Waals surface area contributed by atoms with Crippen LogP contribution in [0.1, 0.15) is 17.5 Å². The number of benzene rings is 2. The molecule has 1 aliphatic rings. The van der Waals surface area contributed by atoms with Gasteiger partial charge in [0.2, 0.25) is 0 Å². The second-order valence-corrected chi connectivity index (χ2v) is 5.49. The molecule has 1 aliphatic heterocycles. The normalized spacial score (nSPS) is 13.4. The van der Waals surface area contributed by atoms with Gasteiger partial charge in [-0.1, -0.05) is 36.4 Å². The largest absolute Gasteiger partial charge is 0.385 e. The molecule has 1 N–H and O–H groups in total. The second kappa shape index (κ2) is 6.00. The molecule has 3 rings (SSSR count). The van der Waals surface area contributed by atoms with Gasteiger partial charge in [-0.05, 0) is 42.5 Å². The van der Waals surface area contributed by atoms with Gasteiger partial charge >= 0.3 is 0 Å². The fourth-order valence-corrected chi connectivity index (χ4v) is 2.91. The second-order valence-electron chi connectivity index (χ2n) is 5.49. The molecule has 1 heterocycles. The van der Waals surface area contributed by atoms with E-state index in [0.29, 0.717) is 0 Å². The molecule has 0 saturated heterocycles. The van der Waals surface area contributed by atoms with Crippen molar-refractivity contribution in [2.75, 3.05) is 30.4 Å². The summed E-state index contributed by atoms with van der Waals surface area (Å²) in [6.07, 6.45) is 3.51. The molecule has 0 bridgehead atoms. The molecule has 0 atom stereocenters. The topological polar surface area (TPSA) is 15.3 Å². The van der Waals surface area contributed by atoms with Gasteiger partial charge in [0.1, 0.15) is 0 Å². The predicted molar refractivity (Wildman–Crippen MR) is 86.7 cm³/mol. The molecule has 2 aromatic carbocycles. The molecule has 0 spiro atoms. The van der Waals surface area contributed by atoms with E-state index < -0.39 is 0 Å². The SMILES string of the molecule is CN(CCc1ccccc1)c1cccc2c1CCCN2. The van der Waals surface area contributed by atoms with Gasteiger partial charge in [-0.2, -0.15) is 0 Å². The summed E-state index contributed by atoms with van der Waals surface area (Å²) in [6.45, 7) is 2.16. The van der Waals surface area contributed by atoms with Crippen LogP contribution in [0.4, 0.5) is 11.4 Å². The molecule has 0 saturated carbocycles. The zero-order valence-electron chi connectivity index (χ0n) is 12.1. The molecule has 0 amide bonds. The number of hydrogen-bond acceptors (Lipinski definition) is 2. The van der Waals surface area contributed by atoms with Crippen molar-refractivity contribution in [2.45, 2.75) is 19.3 Å². The highest BCUT2D eigenvalue weighted by Gasteiger charge is 2.14. The van der Waals surface area contributed by atoms with E-state index in [2.05, 4.69) is 65.8 Å². The Morgan fingerprint density at radius 3 is 2.75 bits per heavy atom. The third-order valence-electron chi connectivity index (χ3n) is 4.06. The van der Waals surface area contributed by atoms with E-state index in [-0.39, 0.29) is 0 Å². The van der Waals surface area contributed by atoms with E-state index in [1.54, 1.807) is 0 Å². The van der Waals surface area contributed by atoms with Gasteiger partial charge < -0.3 is 10.2 Å². The van der Waals surface area contributed by atoms with Crippen molar-refractivity contribution in [1.82, 2.24) is 0 Å². The molecule has 2 aromatic rings. The van der Waals surface area contributed by atoms with Crippen LogP contribution in [0.5, 0.6) is 0 Å². The van der Waals surface area contributed by atoms with E-state index in [1.807, 2.05) is 0 Å². The van der Waals surface area contributed by atoms with Crippen molar-refractivity contribution in [2.24, 2.45) is 0 Å². The highest BCUT2D eigenvalue weighted by atomic mass is 15.1. The molecule has 2 nitrogen and oxygen atoms in total. The number of hydrogen-bond donors (Lipinski definition) is 1. The Bertz CT molecular complexity index is 563. The Labute approximate surface area is 121 Å². The van der Waals surface area contributed by atoms with Crippen LogP contribution in [0.15, 0.2) is 48.5 Å². The summed E-state index contributed by atoms with van der Waals surface area (Å²) >= 11 is 0. The van der Waals surface area contributed by atoms with E-state index in [9.17, 15) is 0 Å². The quantitative estimate of drug-likeness (QED) is 0.907. The minimum atomic E-state index is 1.06. The molecular formula is C18H22N2. The molecule has 0 fully saturated rings. The van der Waals surface area contributed by atoms with Crippen LogP contribution in [0, 0.1) is 0 Å². The maximum Gasteiger partial charge on any atom is 0.0417 e. The van der Waals surface area contributed by atoms with Crippen molar-refractivity contribution < 1.29 is 0 Å². The Kier molecular flexibility index (Phi) is 3.91. The Morgan fingerprint density at radius 1 is 1.05 bits per heavy atom. The van der Waals surface area contributed by atoms with Gasteiger partial charge in [-0.15, -0.1) is 0 Å². The zero-order chi connectivity index (χ0) is 13.8. The molecule has 104 valence electrons. The van der Waals surface area contributed by atoms with Crippen LogP contribution in [0.25, 0.3) is 0 Å². The molecule has 20 heavy (non-hydrogen) atoms. The number of likely N-dealkylation sites (N-methyl/N-ethyl adjacent to an activating group) is 1. The number of fused-ring (bicyclic) bond motifs is 1. The summed E-state index contributed by atoms with van der Waals surface area (Å²) in [5.41, 5.74) is 5.59. The van der Waals surface area contributed by atoms with Crippen LogP contribution in [-0.4, -0.2) is 20.1 Å². The Balaban J connectivity index is 1.72. The van der Waals surface area contributed by atoms with Gasteiger partial charge in [0.25, 0.3) is 0 Å². The lowest BCUT2D eigenvalue weighted by atomic mass is 10.0. The highest BCUT2D eigenvalue weighted by molar-refractivity contribution is 5.67. The van der Waals surface area contributed by atoms with Crippen LogP contribution in [0.3, 0.4) is 0 Å². The summed E-state index contributed by atoms with van der Waals surface area (Å²) < 4.78 is 0. The first-order valence-corrected chi connectivity index (χ1v) is 7.45. The first-order chi connectivity index (χ1) is 9.84. The third-order valence-corrected chi connectivity index (χ3v) is 4.06. The van der Waals surface area contributed by atoms with Crippen molar-refractivity contribution in [3.8, 4) is 0 Å². The number of nitrogens with one attached hydrogen (secondary N) is 1. The van der Waals surface area contributed by atoms with Gasteiger partial charge in [0, 0.05) is 31.5 Å². The molecule has 0 radical (unpaired) electrons.